The molecule has 1 aromatic heterocycles. The van der Waals surface area contributed by atoms with Crippen LogP contribution >= 0.6 is 0 Å². The van der Waals surface area contributed by atoms with Gasteiger partial charge in [0.15, 0.2) is 5.76 Å². The summed E-state index contributed by atoms with van der Waals surface area (Å²) < 4.78 is 5.75. The fourth-order valence-corrected chi connectivity index (χ4v) is 2.00. The second-order valence-corrected chi connectivity index (χ2v) is 4.37. The zero-order valence-corrected chi connectivity index (χ0v) is 10.9. The number of aryl methyl sites for hydroxylation is 1. The SMILES string of the molecule is C/C(=N\N)c1oc2cc(C)ccc2c1CC(=O)NN. The van der Waals surface area contributed by atoms with Gasteiger partial charge in [-0.05, 0) is 25.5 Å². The van der Waals surface area contributed by atoms with E-state index in [4.69, 9.17) is 16.1 Å². The molecule has 1 heterocycles. The average Bonchev–Trinajstić information content (AvgIpc) is 2.75. The minimum Gasteiger partial charge on any atom is -0.454 e. The third-order valence-electron chi connectivity index (χ3n) is 2.97. The number of hydrogen-bond donors (Lipinski definition) is 3. The van der Waals surface area contributed by atoms with Crippen molar-refractivity contribution in [1.29, 1.82) is 0 Å². The summed E-state index contributed by atoms with van der Waals surface area (Å²) >= 11 is 0. The van der Waals surface area contributed by atoms with Crippen LogP contribution in [0.5, 0.6) is 0 Å². The van der Waals surface area contributed by atoms with Crippen LogP contribution in [0.2, 0.25) is 0 Å². The second kappa shape index (κ2) is 5.11. The van der Waals surface area contributed by atoms with Crippen molar-refractivity contribution < 1.29 is 9.21 Å². The van der Waals surface area contributed by atoms with Gasteiger partial charge in [-0.2, -0.15) is 5.10 Å². The summed E-state index contributed by atoms with van der Waals surface area (Å²) in [6, 6.07) is 5.79. The van der Waals surface area contributed by atoms with Gasteiger partial charge in [0.05, 0.1) is 12.1 Å². The first-order chi connectivity index (χ1) is 9.06. The van der Waals surface area contributed by atoms with Gasteiger partial charge in [-0.15, -0.1) is 0 Å². The normalized spacial score (nSPS) is 11.8. The summed E-state index contributed by atoms with van der Waals surface area (Å²) in [5.41, 5.74) is 5.17. The van der Waals surface area contributed by atoms with Gasteiger partial charge in [-0.25, -0.2) is 5.84 Å². The smallest absolute Gasteiger partial charge is 0.238 e. The van der Waals surface area contributed by atoms with Gasteiger partial charge >= 0.3 is 0 Å². The molecule has 0 aliphatic heterocycles. The quantitative estimate of drug-likeness (QED) is 0.330. The number of hydrogen-bond acceptors (Lipinski definition) is 5. The largest absolute Gasteiger partial charge is 0.454 e. The predicted molar refractivity (Wildman–Crippen MR) is 73.4 cm³/mol. The number of furan rings is 1. The maximum absolute atomic E-state index is 11.5. The number of amides is 1. The van der Waals surface area contributed by atoms with E-state index in [1.807, 2.05) is 25.1 Å². The summed E-state index contributed by atoms with van der Waals surface area (Å²) in [6.07, 6.45) is 0.120. The molecule has 0 aliphatic carbocycles. The minimum absolute atomic E-state index is 0.120. The lowest BCUT2D eigenvalue weighted by Crippen LogP contribution is -2.31. The van der Waals surface area contributed by atoms with Crippen LogP contribution in [0.25, 0.3) is 11.0 Å². The van der Waals surface area contributed by atoms with E-state index in [0.717, 1.165) is 16.5 Å². The molecule has 6 nitrogen and oxygen atoms in total. The van der Waals surface area contributed by atoms with Crippen LogP contribution < -0.4 is 17.1 Å². The molecule has 2 rings (SSSR count). The molecule has 0 saturated carbocycles. The fourth-order valence-electron chi connectivity index (χ4n) is 2.00. The van der Waals surface area contributed by atoms with Crippen LogP contribution in [0.3, 0.4) is 0 Å². The molecule has 0 radical (unpaired) electrons. The van der Waals surface area contributed by atoms with E-state index in [1.54, 1.807) is 6.92 Å². The predicted octanol–water partition coefficient (Wildman–Crippen LogP) is 0.956. The standard InChI is InChI=1S/C13H16N4O2/c1-7-3-4-9-10(6-12(18)17-15)13(8(2)16-14)19-11(9)5-7/h3-5H,6,14-15H2,1-2H3,(H,17,18)/b16-8+. The first kappa shape index (κ1) is 13.1. The highest BCUT2D eigenvalue weighted by atomic mass is 16.3. The monoisotopic (exact) mass is 260 g/mol. The van der Waals surface area contributed by atoms with Gasteiger partial charge in [0.2, 0.25) is 5.91 Å². The van der Waals surface area contributed by atoms with Crippen molar-refractivity contribution in [2.24, 2.45) is 16.8 Å². The molecule has 0 bridgehead atoms. The summed E-state index contributed by atoms with van der Waals surface area (Å²) in [7, 11) is 0. The van der Waals surface area contributed by atoms with Crippen molar-refractivity contribution in [2.75, 3.05) is 0 Å². The molecule has 0 fully saturated rings. The number of nitrogens with one attached hydrogen (secondary N) is 1. The Kier molecular flexibility index (Phi) is 3.52. The number of rotatable bonds is 3. The van der Waals surface area contributed by atoms with Gasteiger partial charge < -0.3 is 10.3 Å². The maximum Gasteiger partial charge on any atom is 0.238 e. The third-order valence-corrected chi connectivity index (χ3v) is 2.97. The molecule has 19 heavy (non-hydrogen) atoms. The Bertz CT molecular complexity index is 658. The number of fused-ring (bicyclic) bond motifs is 1. The molecule has 1 amide bonds. The molecule has 0 saturated heterocycles. The number of nitrogens with two attached hydrogens (primary N) is 2. The minimum atomic E-state index is -0.297. The Morgan fingerprint density at radius 1 is 1.47 bits per heavy atom. The van der Waals surface area contributed by atoms with Crippen molar-refractivity contribution in [3.63, 3.8) is 0 Å². The molecule has 5 N–H and O–H groups in total. The van der Waals surface area contributed by atoms with Crippen molar-refractivity contribution in [3.05, 3.63) is 35.1 Å². The highest BCUT2D eigenvalue weighted by Crippen LogP contribution is 2.27. The Morgan fingerprint density at radius 2 is 2.21 bits per heavy atom. The number of carbonyl (C=O) groups is 1. The maximum atomic E-state index is 11.5. The topological polar surface area (TPSA) is 107 Å². The van der Waals surface area contributed by atoms with Gasteiger partial charge in [0, 0.05) is 10.9 Å². The van der Waals surface area contributed by atoms with E-state index in [-0.39, 0.29) is 12.3 Å². The van der Waals surface area contributed by atoms with Crippen molar-refractivity contribution in [3.8, 4) is 0 Å². The number of benzene rings is 1. The number of hydrazine groups is 1. The van der Waals surface area contributed by atoms with Crippen molar-refractivity contribution in [1.82, 2.24) is 5.43 Å². The van der Waals surface area contributed by atoms with Gasteiger partial charge in [-0.3, -0.25) is 10.2 Å². The molecule has 0 atom stereocenters. The Labute approximate surface area is 110 Å². The van der Waals surface area contributed by atoms with E-state index >= 15 is 0 Å². The van der Waals surface area contributed by atoms with E-state index in [9.17, 15) is 4.79 Å². The fraction of sp³-hybridized carbons (Fsp3) is 0.231. The summed E-state index contributed by atoms with van der Waals surface area (Å²) in [4.78, 5) is 11.5. The Hall–Kier alpha value is -2.34. The summed E-state index contributed by atoms with van der Waals surface area (Å²) in [5, 5.41) is 4.50. The van der Waals surface area contributed by atoms with Crippen molar-refractivity contribution >= 4 is 22.6 Å². The molecule has 6 heteroatoms. The molecule has 1 aromatic carbocycles. The molecule has 0 spiro atoms. The highest BCUT2D eigenvalue weighted by Gasteiger charge is 2.18. The average molecular weight is 260 g/mol. The second-order valence-electron chi connectivity index (χ2n) is 4.37. The lowest BCUT2D eigenvalue weighted by Gasteiger charge is -2.01. The van der Waals surface area contributed by atoms with Crippen molar-refractivity contribution in [2.45, 2.75) is 20.3 Å². The molecule has 0 aliphatic rings. The van der Waals surface area contributed by atoms with Gasteiger partial charge in [-0.1, -0.05) is 12.1 Å². The van der Waals surface area contributed by atoms with Gasteiger partial charge in [0.25, 0.3) is 0 Å². The van der Waals surface area contributed by atoms with Crippen LogP contribution in [0.4, 0.5) is 0 Å². The number of hydrazone groups is 1. The first-order valence-corrected chi connectivity index (χ1v) is 5.83. The molecule has 0 unspecified atom stereocenters. The van der Waals surface area contributed by atoms with Crippen LogP contribution in [0.15, 0.2) is 27.7 Å². The molecule has 2 aromatic rings. The van der Waals surface area contributed by atoms with Crippen LogP contribution in [0, 0.1) is 6.92 Å². The summed E-state index contributed by atoms with van der Waals surface area (Å²) in [5.74, 6) is 10.6. The van der Waals surface area contributed by atoms with E-state index in [1.165, 1.54) is 0 Å². The Balaban J connectivity index is 2.64. The Morgan fingerprint density at radius 3 is 2.84 bits per heavy atom. The molecular weight excluding hydrogens is 244 g/mol. The molecular formula is C13H16N4O2. The number of nitrogens with zero attached hydrogens (tertiary/aromatic N) is 1. The molecule has 100 valence electrons. The lowest BCUT2D eigenvalue weighted by molar-refractivity contribution is -0.120. The van der Waals surface area contributed by atoms with Crippen LogP contribution in [-0.4, -0.2) is 11.6 Å². The zero-order chi connectivity index (χ0) is 14.0. The van der Waals surface area contributed by atoms with Gasteiger partial charge in [0.1, 0.15) is 5.58 Å². The van der Waals surface area contributed by atoms with Crippen LogP contribution in [-0.2, 0) is 11.2 Å². The van der Waals surface area contributed by atoms with E-state index in [0.29, 0.717) is 17.1 Å². The van der Waals surface area contributed by atoms with E-state index < -0.39 is 0 Å². The van der Waals surface area contributed by atoms with E-state index in [2.05, 4.69) is 10.5 Å². The first-order valence-electron chi connectivity index (χ1n) is 5.83. The highest BCUT2D eigenvalue weighted by molar-refractivity contribution is 6.03. The zero-order valence-electron chi connectivity index (χ0n) is 10.9. The number of carbonyl (C=O) groups excluding carboxylic acids is 1. The lowest BCUT2D eigenvalue weighted by atomic mass is 10.0. The van der Waals surface area contributed by atoms with Crippen LogP contribution in [0.1, 0.15) is 23.8 Å². The third kappa shape index (κ3) is 2.43. The summed E-state index contributed by atoms with van der Waals surface area (Å²) in [6.45, 7) is 3.70.